The van der Waals surface area contributed by atoms with Crippen LogP contribution < -0.4 is 4.74 Å². The summed E-state index contributed by atoms with van der Waals surface area (Å²) in [6, 6.07) is 1.62. The Labute approximate surface area is 58.6 Å². The van der Waals surface area contributed by atoms with Crippen molar-refractivity contribution in [3.63, 3.8) is 0 Å². The maximum Gasteiger partial charge on any atom is 0.208 e. The number of hydrogen-bond acceptors (Lipinski definition) is 3. The van der Waals surface area contributed by atoms with E-state index in [1.807, 2.05) is 6.92 Å². The molecule has 0 radical (unpaired) electrons. The molecular formula is C7H8O3. The van der Waals surface area contributed by atoms with E-state index in [1.165, 1.54) is 6.26 Å². The van der Waals surface area contributed by atoms with Gasteiger partial charge in [-0.2, -0.15) is 0 Å². The van der Waals surface area contributed by atoms with Crippen molar-refractivity contribution >= 4 is 6.29 Å². The number of hydrogen-bond donors (Lipinski definition) is 0. The fourth-order valence-corrected chi connectivity index (χ4v) is 0.670. The molecule has 0 aliphatic rings. The standard InChI is InChI=1S/C7H8O3/c1-2-9-6-3-4-10-7(6)5-8/h3-5H,2H2,1H3. The van der Waals surface area contributed by atoms with Gasteiger partial charge in [-0.05, 0) is 6.92 Å². The summed E-state index contributed by atoms with van der Waals surface area (Å²) < 4.78 is 9.82. The maximum absolute atomic E-state index is 10.2. The van der Waals surface area contributed by atoms with Gasteiger partial charge >= 0.3 is 0 Å². The van der Waals surface area contributed by atoms with E-state index in [1.54, 1.807) is 6.07 Å². The number of ether oxygens (including phenoxy) is 1. The SMILES string of the molecule is CCOc1ccoc1C=O. The van der Waals surface area contributed by atoms with Gasteiger partial charge in [-0.3, -0.25) is 4.79 Å². The van der Waals surface area contributed by atoms with Crippen LogP contribution in [0, 0.1) is 0 Å². The molecule has 0 atom stereocenters. The fraction of sp³-hybridized carbons (Fsp3) is 0.286. The molecule has 0 spiro atoms. The Morgan fingerprint density at radius 3 is 3.20 bits per heavy atom. The van der Waals surface area contributed by atoms with Gasteiger partial charge in [0, 0.05) is 6.07 Å². The fourth-order valence-electron chi connectivity index (χ4n) is 0.670. The Hall–Kier alpha value is -1.25. The van der Waals surface area contributed by atoms with Gasteiger partial charge in [-0.25, -0.2) is 0 Å². The summed E-state index contributed by atoms with van der Waals surface area (Å²) in [7, 11) is 0. The van der Waals surface area contributed by atoms with Crippen LogP contribution in [0.25, 0.3) is 0 Å². The van der Waals surface area contributed by atoms with Crippen molar-refractivity contribution in [1.82, 2.24) is 0 Å². The minimum Gasteiger partial charge on any atom is -0.490 e. The summed E-state index contributed by atoms with van der Waals surface area (Å²) in [5.41, 5.74) is 0. The lowest BCUT2D eigenvalue weighted by atomic mass is 10.4. The lowest BCUT2D eigenvalue weighted by Crippen LogP contribution is -1.91. The van der Waals surface area contributed by atoms with Crippen molar-refractivity contribution in [2.75, 3.05) is 6.61 Å². The second-order valence-corrected chi connectivity index (χ2v) is 1.70. The van der Waals surface area contributed by atoms with Gasteiger partial charge in [0.15, 0.2) is 12.0 Å². The van der Waals surface area contributed by atoms with E-state index in [-0.39, 0.29) is 5.76 Å². The van der Waals surface area contributed by atoms with Crippen LogP contribution in [0.3, 0.4) is 0 Å². The lowest BCUT2D eigenvalue weighted by molar-refractivity contribution is 0.109. The van der Waals surface area contributed by atoms with Gasteiger partial charge in [0.2, 0.25) is 5.76 Å². The largest absolute Gasteiger partial charge is 0.490 e. The van der Waals surface area contributed by atoms with Crippen LogP contribution in [0.15, 0.2) is 16.7 Å². The van der Waals surface area contributed by atoms with E-state index in [0.717, 1.165) is 0 Å². The number of aldehydes is 1. The molecule has 0 N–H and O–H groups in total. The normalized spacial score (nSPS) is 9.30. The highest BCUT2D eigenvalue weighted by Crippen LogP contribution is 2.16. The minimum atomic E-state index is 0.252. The van der Waals surface area contributed by atoms with Crippen LogP contribution in [0.2, 0.25) is 0 Å². The predicted octanol–water partition coefficient (Wildman–Crippen LogP) is 1.49. The second-order valence-electron chi connectivity index (χ2n) is 1.70. The molecule has 0 aromatic carbocycles. The predicted molar refractivity (Wildman–Crippen MR) is 35.3 cm³/mol. The maximum atomic E-state index is 10.2. The molecule has 0 saturated heterocycles. The quantitative estimate of drug-likeness (QED) is 0.597. The summed E-state index contributed by atoms with van der Waals surface area (Å²) in [6.45, 7) is 2.39. The molecule has 0 aliphatic heterocycles. The Kier molecular flexibility index (Phi) is 2.10. The third-order valence-corrected chi connectivity index (χ3v) is 1.06. The van der Waals surface area contributed by atoms with Crippen LogP contribution in [0.4, 0.5) is 0 Å². The molecule has 0 saturated carbocycles. The Morgan fingerprint density at radius 2 is 2.60 bits per heavy atom. The lowest BCUT2D eigenvalue weighted by Gasteiger charge is -1.96. The zero-order valence-electron chi connectivity index (χ0n) is 5.66. The van der Waals surface area contributed by atoms with E-state index in [2.05, 4.69) is 0 Å². The molecule has 10 heavy (non-hydrogen) atoms. The van der Waals surface area contributed by atoms with Gasteiger partial charge in [-0.15, -0.1) is 0 Å². The van der Waals surface area contributed by atoms with Gasteiger partial charge in [0.25, 0.3) is 0 Å². The highest BCUT2D eigenvalue weighted by Gasteiger charge is 2.03. The first kappa shape index (κ1) is 6.86. The molecule has 3 heteroatoms. The smallest absolute Gasteiger partial charge is 0.208 e. The molecule has 0 unspecified atom stereocenters. The molecule has 3 nitrogen and oxygen atoms in total. The molecule has 54 valence electrons. The third-order valence-electron chi connectivity index (χ3n) is 1.06. The van der Waals surface area contributed by atoms with Gasteiger partial charge < -0.3 is 9.15 Å². The summed E-state index contributed by atoms with van der Waals surface area (Å²) >= 11 is 0. The van der Waals surface area contributed by atoms with E-state index < -0.39 is 0 Å². The molecule has 1 rings (SSSR count). The van der Waals surface area contributed by atoms with Crippen molar-refractivity contribution in [2.45, 2.75) is 6.92 Å². The third kappa shape index (κ3) is 1.18. The van der Waals surface area contributed by atoms with Crippen LogP contribution in [-0.2, 0) is 0 Å². The number of rotatable bonds is 3. The monoisotopic (exact) mass is 140 g/mol. The first-order chi connectivity index (χ1) is 4.88. The average Bonchev–Trinajstić information content (AvgIpc) is 2.36. The molecule has 1 aromatic rings. The van der Waals surface area contributed by atoms with Gasteiger partial charge in [-0.1, -0.05) is 0 Å². The zero-order valence-corrected chi connectivity index (χ0v) is 5.66. The van der Waals surface area contributed by atoms with Crippen molar-refractivity contribution in [1.29, 1.82) is 0 Å². The zero-order chi connectivity index (χ0) is 7.40. The molecule has 0 bridgehead atoms. The number of furan rings is 1. The molecule has 0 fully saturated rings. The van der Waals surface area contributed by atoms with Crippen molar-refractivity contribution in [3.8, 4) is 5.75 Å². The average molecular weight is 140 g/mol. The van der Waals surface area contributed by atoms with Crippen LogP contribution in [0.5, 0.6) is 5.75 Å². The summed E-state index contributed by atoms with van der Waals surface area (Å²) in [4.78, 5) is 10.2. The molecule has 1 aromatic heterocycles. The van der Waals surface area contributed by atoms with Crippen molar-refractivity contribution < 1.29 is 13.9 Å². The second kappa shape index (κ2) is 3.06. The summed E-state index contributed by atoms with van der Waals surface area (Å²) in [5, 5.41) is 0. The molecule has 0 amide bonds. The molecule has 1 heterocycles. The van der Waals surface area contributed by atoms with E-state index >= 15 is 0 Å². The Morgan fingerprint density at radius 1 is 1.80 bits per heavy atom. The first-order valence-corrected chi connectivity index (χ1v) is 3.04. The first-order valence-electron chi connectivity index (χ1n) is 3.04. The van der Waals surface area contributed by atoms with Crippen molar-refractivity contribution in [2.24, 2.45) is 0 Å². The summed E-state index contributed by atoms with van der Waals surface area (Å²) in [5.74, 6) is 0.763. The van der Waals surface area contributed by atoms with Crippen LogP contribution in [-0.4, -0.2) is 12.9 Å². The molecular weight excluding hydrogens is 132 g/mol. The number of carbonyl (C=O) groups is 1. The topological polar surface area (TPSA) is 39.4 Å². The van der Waals surface area contributed by atoms with E-state index in [9.17, 15) is 4.79 Å². The number of carbonyl (C=O) groups excluding carboxylic acids is 1. The Balaban J connectivity index is 2.79. The van der Waals surface area contributed by atoms with Crippen molar-refractivity contribution in [3.05, 3.63) is 18.1 Å². The minimum absolute atomic E-state index is 0.252. The highest BCUT2D eigenvalue weighted by molar-refractivity contribution is 5.74. The van der Waals surface area contributed by atoms with Crippen LogP contribution in [0.1, 0.15) is 17.5 Å². The van der Waals surface area contributed by atoms with E-state index in [0.29, 0.717) is 18.6 Å². The highest BCUT2D eigenvalue weighted by atomic mass is 16.5. The Bertz CT molecular complexity index is 214. The summed E-state index contributed by atoms with van der Waals surface area (Å²) in [6.07, 6.45) is 2.06. The van der Waals surface area contributed by atoms with Crippen LogP contribution >= 0.6 is 0 Å². The van der Waals surface area contributed by atoms with E-state index in [4.69, 9.17) is 9.15 Å². The van der Waals surface area contributed by atoms with Gasteiger partial charge in [0.05, 0.1) is 12.9 Å². The van der Waals surface area contributed by atoms with Gasteiger partial charge in [0.1, 0.15) is 0 Å². The molecule has 0 aliphatic carbocycles.